The molecule has 0 heterocycles. The van der Waals surface area contributed by atoms with Crippen LogP contribution in [0.2, 0.25) is 0 Å². The molecule has 1 rings (SSSR count). The number of hydrogen-bond acceptors (Lipinski definition) is 6. The van der Waals surface area contributed by atoms with E-state index >= 15 is 0 Å². The van der Waals surface area contributed by atoms with Crippen molar-refractivity contribution in [1.29, 1.82) is 0 Å². The second-order valence-corrected chi connectivity index (χ2v) is 6.71. The second kappa shape index (κ2) is 8.73. The zero-order valence-electron chi connectivity index (χ0n) is 13.9. The molecule has 0 aromatic heterocycles. The quantitative estimate of drug-likeness (QED) is 0.630. The maximum absolute atomic E-state index is 11.7. The van der Waals surface area contributed by atoms with Crippen molar-refractivity contribution < 1.29 is 26.9 Å². The van der Waals surface area contributed by atoms with Crippen molar-refractivity contribution in [3.63, 3.8) is 0 Å². The van der Waals surface area contributed by atoms with E-state index in [-0.39, 0.29) is 17.4 Å². The van der Waals surface area contributed by atoms with Gasteiger partial charge in [0.25, 0.3) is 0 Å². The van der Waals surface area contributed by atoms with Crippen molar-refractivity contribution in [2.24, 2.45) is 0 Å². The molecule has 0 bridgehead atoms. The molecule has 0 unspecified atom stereocenters. The minimum Gasteiger partial charge on any atom is -0.493 e. The first-order valence-electron chi connectivity index (χ1n) is 7.16. The van der Waals surface area contributed by atoms with E-state index < -0.39 is 10.1 Å². The Bertz CT molecular complexity index is 629. The van der Waals surface area contributed by atoms with Crippen molar-refractivity contribution in [3.05, 3.63) is 23.8 Å². The average molecular weight is 345 g/mol. The highest BCUT2D eigenvalue weighted by Gasteiger charge is 2.16. The van der Waals surface area contributed by atoms with Crippen molar-refractivity contribution in [3.8, 4) is 11.5 Å². The first-order chi connectivity index (χ1) is 10.8. The van der Waals surface area contributed by atoms with Crippen LogP contribution >= 0.6 is 0 Å². The Labute approximate surface area is 137 Å². The lowest BCUT2D eigenvalue weighted by Crippen LogP contribution is -2.31. The molecule has 0 aliphatic rings. The summed E-state index contributed by atoms with van der Waals surface area (Å²) < 4.78 is 38.5. The van der Waals surface area contributed by atoms with E-state index in [1.54, 1.807) is 30.2 Å². The van der Waals surface area contributed by atoms with E-state index in [9.17, 15) is 13.2 Å². The van der Waals surface area contributed by atoms with Gasteiger partial charge in [-0.05, 0) is 24.6 Å². The van der Waals surface area contributed by atoms with Gasteiger partial charge in [-0.1, -0.05) is 6.07 Å². The number of rotatable bonds is 9. The zero-order chi connectivity index (χ0) is 17.5. The molecule has 0 saturated heterocycles. The summed E-state index contributed by atoms with van der Waals surface area (Å²) in [5.41, 5.74) is 0.735. The molecule has 0 radical (unpaired) electrons. The third-order valence-corrected chi connectivity index (χ3v) is 4.32. The van der Waals surface area contributed by atoms with Crippen molar-refractivity contribution in [2.75, 3.05) is 33.1 Å². The average Bonchev–Trinajstić information content (AvgIpc) is 2.51. The Morgan fingerprint density at radius 1 is 1.22 bits per heavy atom. The van der Waals surface area contributed by atoms with Gasteiger partial charge < -0.3 is 18.6 Å². The van der Waals surface area contributed by atoms with Gasteiger partial charge in [-0.3, -0.25) is 4.79 Å². The van der Waals surface area contributed by atoms with Gasteiger partial charge in [0.15, 0.2) is 11.5 Å². The van der Waals surface area contributed by atoms with E-state index in [0.29, 0.717) is 25.4 Å². The van der Waals surface area contributed by atoms with Gasteiger partial charge in [-0.25, -0.2) is 0 Å². The minimum absolute atomic E-state index is 0.0958. The molecule has 0 N–H and O–H groups in total. The highest BCUT2D eigenvalue weighted by atomic mass is 32.2. The summed E-state index contributed by atoms with van der Waals surface area (Å²) in [5.74, 6) is 0.189. The molecule has 0 aliphatic carbocycles. The summed E-state index contributed by atoms with van der Waals surface area (Å²) in [5, 5.41) is 0. The predicted molar refractivity (Wildman–Crippen MR) is 86.0 cm³/mol. The Kier molecular flexibility index (Phi) is 7.31. The predicted octanol–water partition coefficient (Wildman–Crippen LogP) is 1.42. The van der Waals surface area contributed by atoms with Crippen molar-refractivity contribution in [2.45, 2.75) is 20.4 Å². The number of benzene rings is 1. The normalized spacial score (nSPS) is 11.1. The lowest BCUT2D eigenvalue weighted by Gasteiger charge is -2.21. The van der Waals surface area contributed by atoms with E-state index in [0.717, 1.165) is 5.56 Å². The summed E-state index contributed by atoms with van der Waals surface area (Å²) in [7, 11) is -0.667. The molecule has 7 nitrogen and oxygen atoms in total. The lowest BCUT2D eigenvalue weighted by molar-refractivity contribution is -0.130. The fraction of sp³-hybridized carbons (Fsp3) is 0.533. The van der Waals surface area contributed by atoms with Gasteiger partial charge in [0, 0.05) is 27.1 Å². The number of hydrogen-bond donors (Lipinski definition) is 0. The van der Waals surface area contributed by atoms with E-state index in [4.69, 9.17) is 13.7 Å². The van der Waals surface area contributed by atoms with Crippen LogP contribution in [0.25, 0.3) is 0 Å². The van der Waals surface area contributed by atoms with Crippen LogP contribution in [0.1, 0.15) is 19.4 Å². The molecular formula is C15H23NO6S. The van der Waals surface area contributed by atoms with Crippen LogP contribution in [0.15, 0.2) is 18.2 Å². The molecule has 130 valence electrons. The number of carbonyl (C=O) groups is 1. The maximum Gasteiger partial charge on any atom is 0.309 e. The van der Waals surface area contributed by atoms with Crippen LogP contribution in [-0.2, 0) is 26.2 Å². The Hall–Kier alpha value is -1.80. The minimum atomic E-state index is -3.66. The van der Waals surface area contributed by atoms with Crippen LogP contribution in [-0.4, -0.2) is 52.3 Å². The fourth-order valence-electron chi connectivity index (χ4n) is 1.85. The number of ether oxygens (including phenoxy) is 2. The molecule has 23 heavy (non-hydrogen) atoms. The molecule has 0 aliphatic heterocycles. The maximum atomic E-state index is 11.7. The van der Waals surface area contributed by atoms with Crippen molar-refractivity contribution in [1.82, 2.24) is 4.90 Å². The Morgan fingerprint density at radius 2 is 1.91 bits per heavy atom. The molecule has 0 fully saturated rings. The first kappa shape index (κ1) is 19.2. The van der Waals surface area contributed by atoms with Crippen molar-refractivity contribution >= 4 is 16.0 Å². The summed E-state index contributed by atoms with van der Waals surface area (Å²) in [6.45, 7) is 4.15. The molecule has 1 aromatic rings. The standard InChI is InChI=1S/C15H23NO6S/c1-5-23(18,19)22-15-10-13(6-7-14(15)21-4)11-16(12(2)17)8-9-20-3/h6-7,10H,5,8-9,11H2,1-4H3. The zero-order valence-corrected chi connectivity index (χ0v) is 14.7. The molecule has 0 atom stereocenters. The highest BCUT2D eigenvalue weighted by molar-refractivity contribution is 7.87. The highest BCUT2D eigenvalue weighted by Crippen LogP contribution is 2.30. The van der Waals surface area contributed by atoms with E-state index in [1.165, 1.54) is 21.0 Å². The molecule has 1 aromatic carbocycles. The monoisotopic (exact) mass is 345 g/mol. The van der Waals surface area contributed by atoms with Crippen LogP contribution in [0.4, 0.5) is 0 Å². The molecule has 0 spiro atoms. The lowest BCUT2D eigenvalue weighted by atomic mass is 10.2. The van der Waals surface area contributed by atoms with Gasteiger partial charge in [0.1, 0.15) is 0 Å². The van der Waals surface area contributed by atoms with Crippen LogP contribution in [0, 0.1) is 0 Å². The van der Waals surface area contributed by atoms with E-state index in [2.05, 4.69) is 0 Å². The molecular weight excluding hydrogens is 322 g/mol. The molecule has 8 heteroatoms. The summed E-state index contributed by atoms with van der Waals surface area (Å²) in [4.78, 5) is 13.3. The van der Waals surface area contributed by atoms with Crippen LogP contribution < -0.4 is 8.92 Å². The largest absolute Gasteiger partial charge is 0.493 e. The second-order valence-electron chi connectivity index (χ2n) is 4.85. The van der Waals surface area contributed by atoms with Gasteiger partial charge in [-0.15, -0.1) is 0 Å². The van der Waals surface area contributed by atoms with Crippen LogP contribution in [0.3, 0.4) is 0 Å². The van der Waals surface area contributed by atoms with Crippen LogP contribution in [0.5, 0.6) is 11.5 Å². The first-order valence-corrected chi connectivity index (χ1v) is 8.74. The number of carbonyl (C=O) groups excluding carboxylic acids is 1. The summed E-state index contributed by atoms with van der Waals surface area (Å²) in [6.07, 6.45) is 0. The fourth-order valence-corrected chi connectivity index (χ4v) is 2.37. The molecule has 1 amide bonds. The Balaban J connectivity index is 3.02. The third kappa shape index (κ3) is 6.07. The Morgan fingerprint density at radius 3 is 2.43 bits per heavy atom. The SMILES string of the molecule is CCS(=O)(=O)Oc1cc(CN(CCOC)C(C)=O)ccc1OC. The molecule has 0 saturated carbocycles. The van der Waals surface area contributed by atoms with Gasteiger partial charge in [0.2, 0.25) is 5.91 Å². The smallest absolute Gasteiger partial charge is 0.309 e. The van der Waals surface area contributed by atoms with Gasteiger partial charge in [-0.2, -0.15) is 8.42 Å². The number of methoxy groups -OCH3 is 2. The van der Waals surface area contributed by atoms with Gasteiger partial charge in [0.05, 0.1) is 19.5 Å². The number of amides is 1. The number of nitrogens with zero attached hydrogens (tertiary/aromatic N) is 1. The summed E-state index contributed by atoms with van der Waals surface area (Å²) in [6, 6.07) is 4.94. The third-order valence-electron chi connectivity index (χ3n) is 3.18. The summed E-state index contributed by atoms with van der Waals surface area (Å²) >= 11 is 0. The topological polar surface area (TPSA) is 82.1 Å². The van der Waals surface area contributed by atoms with E-state index in [1.807, 2.05) is 0 Å². The van der Waals surface area contributed by atoms with Gasteiger partial charge >= 0.3 is 10.1 Å².